The van der Waals surface area contributed by atoms with Gasteiger partial charge in [0.1, 0.15) is 11.4 Å². The predicted molar refractivity (Wildman–Crippen MR) is 67.8 cm³/mol. The molecule has 0 atom stereocenters. The van der Waals surface area contributed by atoms with Crippen molar-refractivity contribution >= 4 is 5.65 Å². The number of H-pyrrole nitrogens is 1. The zero-order chi connectivity index (χ0) is 12.5. The van der Waals surface area contributed by atoms with Gasteiger partial charge in [-0.05, 0) is 17.7 Å². The Hall–Kier alpha value is -2.56. The first-order chi connectivity index (χ1) is 8.79. The molecule has 0 unspecified atom stereocenters. The van der Waals surface area contributed by atoms with E-state index in [1.165, 1.54) is 4.40 Å². The quantitative estimate of drug-likeness (QED) is 0.742. The van der Waals surface area contributed by atoms with E-state index in [4.69, 9.17) is 4.74 Å². The van der Waals surface area contributed by atoms with Crippen LogP contribution >= 0.6 is 0 Å². The lowest BCUT2D eigenvalue weighted by Gasteiger charge is -2.04. The number of aromatic amines is 1. The van der Waals surface area contributed by atoms with Gasteiger partial charge < -0.3 is 9.72 Å². The second kappa shape index (κ2) is 4.03. The summed E-state index contributed by atoms with van der Waals surface area (Å²) < 4.78 is 6.60. The van der Waals surface area contributed by atoms with Gasteiger partial charge in [0.15, 0.2) is 0 Å². The minimum Gasteiger partial charge on any atom is -0.497 e. The molecule has 18 heavy (non-hydrogen) atoms. The van der Waals surface area contributed by atoms with Gasteiger partial charge in [-0.3, -0.25) is 4.40 Å². The van der Waals surface area contributed by atoms with Crippen molar-refractivity contribution in [1.82, 2.24) is 14.4 Å². The molecule has 2 aromatic heterocycles. The number of methoxy groups -OCH3 is 1. The summed E-state index contributed by atoms with van der Waals surface area (Å²) in [6.45, 7) is 0. The Morgan fingerprint density at radius 3 is 2.78 bits per heavy atom. The van der Waals surface area contributed by atoms with Crippen LogP contribution in [0.1, 0.15) is 0 Å². The van der Waals surface area contributed by atoms with Gasteiger partial charge >= 0.3 is 5.69 Å². The van der Waals surface area contributed by atoms with Crippen LogP contribution < -0.4 is 10.4 Å². The van der Waals surface area contributed by atoms with Gasteiger partial charge in [0.25, 0.3) is 0 Å². The van der Waals surface area contributed by atoms with Gasteiger partial charge in [-0.2, -0.15) is 0 Å². The van der Waals surface area contributed by atoms with E-state index in [9.17, 15) is 4.79 Å². The largest absolute Gasteiger partial charge is 0.497 e. The van der Waals surface area contributed by atoms with Gasteiger partial charge in [-0.25, -0.2) is 9.78 Å². The Balaban J connectivity index is 2.21. The van der Waals surface area contributed by atoms with Crippen LogP contribution in [0.3, 0.4) is 0 Å². The van der Waals surface area contributed by atoms with E-state index in [1.807, 2.05) is 24.3 Å². The molecule has 90 valence electrons. The molecule has 0 saturated carbocycles. The maximum absolute atomic E-state index is 11.6. The Morgan fingerprint density at radius 1 is 1.28 bits per heavy atom. The van der Waals surface area contributed by atoms with Gasteiger partial charge in [0, 0.05) is 24.2 Å². The topological polar surface area (TPSA) is 59.4 Å². The number of rotatable bonds is 2. The lowest BCUT2D eigenvalue weighted by Crippen LogP contribution is -2.15. The third-order valence-corrected chi connectivity index (χ3v) is 2.84. The summed E-state index contributed by atoms with van der Waals surface area (Å²) in [5.41, 5.74) is 2.30. The molecule has 0 spiro atoms. The van der Waals surface area contributed by atoms with E-state index >= 15 is 0 Å². The number of ether oxygens (including phenoxy) is 1. The molecule has 3 aromatic rings. The van der Waals surface area contributed by atoms with Crippen LogP contribution in [0.15, 0.2) is 47.7 Å². The van der Waals surface area contributed by atoms with E-state index in [1.54, 1.807) is 25.7 Å². The molecular weight excluding hydrogens is 230 g/mol. The first-order valence-electron chi connectivity index (χ1n) is 5.49. The third kappa shape index (κ3) is 1.57. The normalized spacial score (nSPS) is 10.7. The average molecular weight is 241 g/mol. The highest BCUT2D eigenvalue weighted by Gasteiger charge is 2.07. The number of imidazole rings is 1. The van der Waals surface area contributed by atoms with Crippen LogP contribution in [0.4, 0.5) is 0 Å². The van der Waals surface area contributed by atoms with Crippen molar-refractivity contribution in [2.45, 2.75) is 0 Å². The Labute approximate surface area is 103 Å². The smallest absolute Gasteiger partial charge is 0.331 e. The van der Waals surface area contributed by atoms with Gasteiger partial charge in [-0.1, -0.05) is 12.1 Å². The number of aromatic nitrogens is 3. The molecular formula is C13H11N3O2. The summed E-state index contributed by atoms with van der Waals surface area (Å²) in [7, 11) is 1.63. The summed E-state index contributed by atoms with van der Waals surface area (Å²) in [6, 6.07) is 7.61. The number of benzene rings is 1. The molecule has 0 aliphatic heterocycles. The first kappa shape index (κ1) is 10.6. The minimum absolute atomic E-state index is 0.195. The van der Waals surface area contributed by atoms with E-state index in [0.717, 1.165) is 16.9 Å². The molecule has 0 aliphatic carbocycles. The maximum Gasteiger partial charge on any atom is 0.331 e. The van der Waals surface area contributed by atoms with Gasteiger partial charge in [-0.15, -0.1) is 0 Å². The number of hydrogen-bond acceptors (Lipinski definition) is 3. The van der Waals surface area contributed by atoms with E-state index < -0.39 is 0 Å². The Bertz CT molecular complexity index is 741. The van der Waals surface area contributed by atoms with Gasteiger partial charge in [0.2, 0.25) is 0 Å². The minimum atomic E-state index is -0.195. The standard InChI is InChI=1S/C13H11N3O2/c1-18-10-4-2-9(3-5-10)11-8-15-13(17)16-7-6-14-12(11)16/h2-8H,1H3,(H,15,17). The van der Waals surface area contributed by atoms with Crippen molar-refractivity contribution < 1.29 is 4.74 Å². The highest BCUT2D eigenvalue weighted by molar-refractivity contribution is 5.76. The molecule has 0 radical (unpaired) electrons. The second-order valence-electron chi connectivity index (χ2n) is 3.86. The number of fused-ring (bicyclic) bond motifs is 1. The molecule has 1 aromatic carbocycles. The van der Waals surface area contributed by atoms with Crippen molar-refractivity contribution in [3.05, 3.63) is 53.3 Å². The summed E-state index contributed by atoms with van der Waals surface area (Å²) in [5, 5.41) is 0. The van der Waals surface area contributed by atoms with E-state index in [-0.39, 0.29) is 5.69 Å². The zero-order valence-corrected chi connectivity index (χ0v) is 9.75. The fourth-order valence-corrected chi connectivity index (χ4v) is 1.92. The molecule has 0 aliphatic rings. The monoisotopic (exact) mass is 241 g/mol. The highest BCUT2D eigenvalue weighted by Crippen LogP contribution is 2.23. The summed E-state index contributed by atoms with van der Waals surface area (Å²) in [6.07, 6.45) is 4.92. The van der Waals surface area contributed by atoms with E-state index in [0.29, 0.717) is 5.65 Å². The van der Waals surface area contributed by atoms with Crippen LogP contribution in [0.25, 0.3) is 16.8 Å². The van der Waals surface area contributed by atoms with Crippen LogP contribution in [0, 0.1) is 0 Å². The fourth-order valence-electron chi connectivity index (χ4n) is 1.92. The number of nitrogens with one attached hydrogen (secondary N) is 1. The van der Waals surface area contributed by atoms with E-state index in [2.05, 4.69) is 9.97 Å². The first-order valence-corrected chi connectivity index (χ1v) is 5.49. The summed E-state index contributed by atoms with van der Waals surface area (Å²) in [4.78, 5) is 18.5. The van der Waals surface area contributed by atoms with Gasteiger partial charge in [0.05, 0.1) is 7.11 Å². The maximum atomic E-state index is 11.6. The second-order valence-corrected chi connectivity index (χ2v) is 3.86. The Kier molecular flexibility index (Phi) is 2.37. The molecule has 0 bridgehead atoms. The average Bonchev–Trinajstić information content (AvgIpc) is 2.90. The van der Waals surface area contributed by atoms with Crippen LogP contribution in [-0.2, 0) is 0 Å². The zero-order valence-electron chi connectivity index (χ0n) is 9.75. The third-order valence-electron chi connectivity index (χ3n) is 2.84. The molecule has 5 nitrogen and oxygen atoms in total. The van der Waals surface area contributed by atoms with Crippen molar-refractivity contribution in [3.63, 3.8) is 0 Å². The van der Waals surface area contributed by atoms with Crippen LogP contribution in [0.5, 0.6) is 5.75 Å². The number of hydrogen-bond donors (Lipinski definition) is 1. The number of nitrogens with zero attached hydrogens (tertiary/aromatic N) is 2. The molecule has 3 rings (SSSR count). The van der Waals surface area contributed by atoms with Crippen molar-refractivity contribution in [2.75, 3.05) is 7.11 Å². The fraction of sp³-hybridized carbons (Fsp3) is 0.0769. The van der Waals surface area contributed by atoms with Crippen molar-refractivity contribution in [1.29, 1.82) is 0 Å². The molecule has 0 fully saturated rings. The molecule has 0 amide bonds. The molecule has 2 heterocycles. The van der Waals surface area contributed by atoms with Crippen LogP contribution in [-0.4, -0.2) is 21.5 Å². The lowest BCUT2D eigenvalue weighted by atomic mass is 10.1. The molecule has 0 saturated heterocycles. The molecule has 5 heteroatoms. The highest BCUT2D eigenvalue weighted by atomic mass is 16.5. The van der Waals surface area contributed by atoms with Crippen molar-refractivity contribution in [2.24, 2.45) is 0 Å². The van der Waals surface area contributed by atoms with Crippen LogP contribution in [0.2, 0.25) is 0 Å². The summed E-state index contributed by atoms with van der Waals surface area (Å²) >= 11 is 0. The SMILES string of the molecule is COc1ccc(-c2c[nH]c(=O)n3ccnc23)cc1. The molecule has 1 N–H and O–H groups in total. The summed E-state index contributed by atoms with van der Waals surface area (Å²) in [5.74, 6) is 0.794. The Morgan fingerprint density at radius 2 is 2.06 bits per heavy atom. The predicted octanol–water partition coefficient (Wildman–Crippen LogP) is 1.70. The lowest BCUT2D eigenvalue weighted by molar-refractivity contribution is 0.415. The van der Waals surface area contributed by atoms with Crippen molar-refractivity contribution in [3.8, 4) is 16.9 Å².